The number of hydrogen-bond acceptors (Lipinski definition) is 4. The molecule has 5 nitrogen and oxygen atoms in total. The van der Waals surface area contributed by atoms with Crippen LogP contribution in [0.25, 0.3) is 0 Å². The zero-order chi connectivity index (χ0) is 11.4. The average Bonchev–Trinajstić information content (AvgIpc) is 3.11. The normalized spacial score (nSPS) is 14.6. The SMILES string of the molecule is CCCNC(=O)c1cnc(NC2CC2)nc1. The minimum Gasteiger partial charge on any atom is -0.352 e. The lowest BCUT2D eigenvalue weighted by molar-refractivity contribution is 0.0953. The first-order chi connectivity index (χ1) is 7.79. The Morgan fingerprint density at radius 3 is 2.69 bits per heavy atom. The smallest absolute Gasteiger partial charge is 0.254 e. The molecule has 16 heavy (non-hydrogen) atoms. The lowest BCUT2D eigenvalue weighted by Gasteiger charge is -2.04. The van der Waals surface area contributed by atoms with E-state index < -0.39 is 0 Å². The van der Waals surface area contributed by atoms with E-state index in [4.69, 9.17) is 0 Å². The molecule has 1 heterocycles. The molecule has 0 spiro atoms. The third kappa shape index (κ3) is 2.92. The summed E-state index contributed by atoms with van der Waals surface area (Å²) in [5, 5.41) is 5.95. The minimum absolute atomic E-state index is 0.111. The molecule has 0 aromatic carbocycles. The van der Waals surface area contributed by atoms with E-state index >= 15 is 0 Å². The standard InChI is InChI=1S/C11H16N4O/c1-2-5-12-10(16)8-6-13-11(14-7-8)15-9-3-4-9/h6-7,9H,2-5H2,1H3,(H,12,16)(H,13,14,15). The Morgan fingerprint density at radius 2 is 2.12 bits per heavy atom. The summed E-state index contributed by atoms with van der Waals surface area (Å²) in [4.78, 5) is 19.7. The van der Waals surface area contributed by atoms with Crippen LogP contribution in [0.15, 0.2) is 12.4 Å². The van der Waals surface area contributed by atoms with Crippen LogP contribution in [0.1, 0.15) is 36.5 Å². The van der Waals surface area contributed by atoms with Crippen molar-refractivity contribution in [2.24, 2.45) is 0 Å². The fourth-order valence-electron chi connectivity index (χ4n) is 1.27. The van der Waals surface area contributed by atoms with E-state index in [-0.39, 0.29) is 5.91 Å². The number of carbonyl (C=O) groups is 1. The molecular formula is C11H16N4O. The molecule has 1 aromatic heterocycles. The molecule has 2 rings (SSSR count). The van der Waals surface area contributed by atoms with Gasteiger partial charge in [0.05, 0.1) is 5.56 Å². The number of nitrogens with one attached hydrogen (secondary N) is 2. The summed E-state index contributed by atoms with van der Waals surface area (Å²) >= 11 is 0. The van der Waals surface area contributed by atoms with Crippen molar-refractivity contribution in [1.29, 1.82) is 0 Å². The molecule has 5 heteroatoms. The van der Waals surface area contributed by atoms with E-state index in [2.05, 4.69) is 20.6 Å². The van der Waals surface area contributed by atoms with Gasteiger partial charge in [-0.15, -0.1) is 0 Å². The van der Waals surface area contributed by atoms with Crippen LogP contribution in [0.5, 0.6) is 0 Å². The molecule has 1 fully saturated rings. The average molecular weight is 220 g/mol. The summed E-state index contributed by atoms with van der Waals surface area (Å²) in [7, 11) is 0. The van der Waals surface area contributed by atoms with Crippen LogP contribution in [0.3, 0.4) is 0 Å². The van der Waals surface area contributed by atoms with Gasteiger partial charge in [-0.1, -0.05) is 6.92 Å². The van der Waals surface area contributed by atoms with E-state index in [9.17, 15) is 4.79 Å². The Bertz CT molecular complexity index is 359. The molecule has 86 valence electrons. The summed E-state index contributed by atoms with van der Waals surface area (Å²) in [6, 6.07) is 0.528. The lowest BCUT2D eigenvalue weighted by Crippen LogP contribution is -2.24. The first-order valence-electron chi connectivity index (χ1n) is 5.66. The highest BCUT2D eigenvalue weighted by molar-refractivity contribution is 5.93. The first-order valence-corrected chi connectivity index (χ1v) is 5.66. The van der Waals surface area contributed by atoms with Crippen LogP contribution in [0.4, 0.5) is 5.95 Å². The Hall–Kier alpha value is -1.65. The monoisotopic (exact) mass is 220 g/mol. The highest BCUT2D eigenvalue weighted by Gasteiger charge is 2.21. The van der Waals surface area contributed by atoms with E-state index in [0.717, 1.165) is 6.42 Å². The van der Waals surface area contributed by atoms with E-state index in [1.54, 1.807) is 12.4 Å². The van der Waals surface area contributed by atoms with E-state index in [0.29, 0.717) is 24.1 Å². The number of anilines is 1. The number of rotatable bonds is 5. The summed E-state index contributed by atoms with van der Waals surface area (Å²) in [6.45, 7) is 2.69. The van der Waals surface area contributed by atoms with Crippen molar-refractivity contribution in [2.45, 2.75) is 32.2 Å². The topological polar surface area (TPSA) is 66.9 Å². The predicted octanol–water partition coefficient (Wildman–Crippen LogP) is 1.19. The van der Waals surface area contributed by atoms with Crippen LogP contribution in [0, 0.1) is 0 Å². The molecule has 0 unspecified atom stereocenters. The van der Waals surface area contributed by atoms with Crippen molar-refractivity contribution in [1.82, 2.24) is 15.3 Å². The molecule has 0 atom stereocenters. The zero-order valence-electron chi connectivity index (χ0n) is 9.36. The van der Waals surface area contributed by atoms with Crippen molar-refractivity contribution in [3.05, 3.63) is 18.0 Å². The fraction of sp³-hybridized carbons (Fsp3) is 0.545. The summed E-state index contributed by atoms with van der Waals surface area (Å²) < 4.78 is 0. The zero-order valence-corrected chi connectivity index (χ0v) is 9.36. The number of aromatic nitrogens is 2. The molecular weight excluding hydrogens is 204 g/mol. The maximum Gasteiger partial charge on any atom is 0.254 e. The second-order valence-corrected chi connectivity index (χ2v) is 3.97. The lowest BCUT2D eigenvalue weighted by atomic mass is 10.3. The van der Waals surface area contributed by atoms with Gasteiger partial charge in [-0.2, -0.15) is 0 Å². The van der Waals surface area contributed by atoms with Gasteiger partial charge in [0.15, 0.2) is 0 Å². The highest BCUT2D eigenvalue weighted by atomic mass is 16.1. The molecule has 1 aliphatic carbocycles. The second kappa shape index (κ2) is 4.92. The predicted molar refractivity (Wildman–Crippen MR) is 61.3 cm³/mol. The van der Waals surface area contributed by atoms with Gasteiger partial charge in [-0.25, -0.2) is 9.97 Å². The Kier molecular flexibility index (Phi) is 3.34. The van der Waals surface area contributed by atoms with Gasteiger partial charge in [0.2, 0.25) is 5.95 Å². The van der Waals surface area contributed by atoms with E-state index in [1.165, 1.54) is 12.8 Å². The third-order valence-electron chi connectivity index (χ3n) is 2.36. The highest BCUT2D eigenvalue weighted by Crippen LogP contribution is 2.22. The van der Waals surface area contributed by atoms with Gasteiger partial charge in [-0.05, 0) is 19.3 Å². The van der Waals surface area contributed by atoms with Crippen molar-refractivity contribution in [2.75, 3.05) is 11.9 Å². The Labute approximate surface area is 94.7 Å². The first kappa shape index (κ1) is 10.9. The largest absolute Gasteiger partial charge is 0.352 e. The molecule has 2 N–H and O–H groups in total. The molecule has 0 saturated heterocycles. The van der Waals surface area contributed by atoms with Crippen molar-refractivity contribution >= 4 is 11.9 Å². The van der Waals surface area contributed by atoms with Gasteiger partial charge in [0.1, 0.15) is 0 Å². The molecule has 0 bridgehead atoms. The molecule has 1 aliphatic rings. The van der Waals surface area contributed by atoms with Gasteiger partial charge in [-0.3, -0.25) is 4.79 Å². The quantitative estimate of drug-likeness (QED) is 0.782. The minimum atomic E-state index is -0.111. The Balaban J connectivity index is 1.92. The van der Waals surface area contributed by atoms with Crippen LogP contribution < -0.4 is 10.6 Å². The molecule has 0 aliphatic heterocycles. The van der Waals surface area contributed by atoms with Gasteiger partial charge in [0, 0.05) is 25.0 Å². The second-order valence-electron chi connectivity index (χ2n) is 3.97. The van der Waals surface area contributed by atoms with Crippen LogP contribution in [-0.4, -0.2) is 28.5 Å². The van der Waals surface area contributed by atoms with Crippen molar-refractivity contribution < 1.29 is 4.79 Å². The third-order valence-corrected chi connectivity index (χ3v) is 2.36. The summed E-state index contributed by atoms with van der Waals surface area (Å²) in [5.74, 6) is 0.495. The number of carbonyl (C=O) groups excluding carboxylic acids is 1. The maximum atomic E-state index is 11.5. The summed E-state index contributed by atoms with van der Waals surface area (Å²) in [6.07, 6.45) is 6.41. The molecule has 0 radical (unpaired) electrons. The number of amides is 1. The van der Waals surface area contributed by atoms with Crippen LogP contribution in [-0.2, 0) is 0 Å². The van der Waals surface area contributed by atoms with Crippen molar-refractivity contribution in [3.63, 3.8) is 0 Å². The molecule has 1 aromatic rings. The van der Waals surface area contributed by atoms with Crippen molar-refractivity contribution in [3.8, 4) is 0 Å². The van der Waals surface area contributed by atoms with Gasteiger partial charge >= 0.3 is 0 Å². The van der Waals surface area contributed by atoms with Crippen LogP contribution >= 0.6 is 0 Å². The number of nitrogens with zero attached hydrogens (tertiary/aromatic N) is 2. The summed E-state index contributed by atoms with van der Waals surface area (Å²) in [5.41, 5.74) is 0.509. The fourth-order valence-corrected chi connectivity index (χ4v) is 1.27. The van der Waals surface area contributed by atoms with Gasteiger partial charge < -0.3 is 10.6 Å². The number of hydrogen-bond donors (Lipinski definition) is 2. The van der Waals surface area contributed by atoms with Gasteiger partial charge in [0.25, 0.3) is 5.91 Å². The van der Waals surface area contributed by atoms with E-state index in [1.807, 2.05) is 6.92 Å². The molecule has 1 saturated carbocycles. The molecule has 1 amide bonds. The maximum absolute atomic E-state index is 11.5. The van der Waals surface area contributed by atoms with Crippen LogP contribution in [0.2, 0.25) is 0 Å². The Morgan fingerprint density at radius 1 is 1.44 bits per heavy atom.